The standard InChI is InChI=1S/C27H24N4O3/c28-16-21(15-19-7-6-8-20-17-29-14-12-22(19)20)24-18-31(25-10-4-3-9-23(24)25)26(32)11-2-1-5-13-30-27(33)34/h3-4,6-10,12,14-15,17-18,30H,1-2,5,11,13H2,(H,33,34). The molecule has 0 aliphatic rings. The third-order valence-corrected chi connectivity index (χ3v) is 5.75. The molecule has 0 unspecified atom stereocenters. The minimum atomic E-state index is -1.04. The Morgan fingerprint density at radius 3 is 2.74 bits per heavy atom. The van der Waals surface area contributed by atoms with Crippen LogP contribution in [-0.4, -0.2) is 33.2 Å². The van der Waals surface area contributed by atoms with Gasteiger partial charge in [-0.2, -0.15) is 5.26 Å². The van der Waals surface area contributed by atoms with Crippen LogP contribution < -0.4 is 5.32 Å². The highest BCUT2D eigenvalue weighted by atomic mass is 16.4. The van der Waals surface area contributed by atoms with Crippen LogP contribution in [0.1, 0.15) is 41.6 Å². The largest absolute Gasteiger partial charge is 0.465 e. The number of nitriles is 1. The molecule has 2 aromatic heterocycles. The quantitative estimate of drug-likeness (QED) is 0.262. The van der Waals surface area contributed by atoms with Crippen molar-refractivity contribution in [1.29, 1.82) is 5.26 Å². The maximum atomic E-state index is 13.0. The minimum absolute atomic E-state index is 0.0535. The molecule has 4 rings (SSSR count). The van der Waals surface area contributed by atoms with Gasteiger partial charge in [-0.25, -0.2) is 4.79 Å². The maximum absolute atomic E-state index is 13.0. The van der Waals surface area contributed by atoms with E-state index in [-0.39, 0.29) is 5.91 Å². The van der Waals surface area contributed by atoms with E-state index in [4.69, 9.17) is 5.11 Å². The second kappa shape index (κ2) is 10.5. The average Bonchev–Trinajstić information content (AvgIpc) is 3.24. The van der Waals surface area contributed by atoms with Gasteiger partial charge in [-0.05, 0) is 42.0 Å². The summed E-state index contributed by atoms with van der Waals surface area (Å²) in [5, 5.41) is 23.8. The molecule has 170 valence electrons. The molecule has 2 N–H and O–H groups in total. The van der Waals surface area contributed by atoms with Gasteiger partial charge in [0, 0.05) is 47.9 Å². The second-order valence-electron chi connectivity index (χ2n) is 7.98. The highest BCUT2D eigenvalue weighted by Crippen LogP contribution is 2.30. The summed E-state index contributed by atoms with van der Waals surface area (Å²) in [5.41, 5.74) is 2.86. The Hall–Kier alpha value is -4.44. The van der Waals surface area contributed by atoms with E-state index in [9.17, 15) is 14.9 Å². The smallest absolute Gasteiger partial charge is 0.404 e. The summed E-state index contributed by atoms with van der Waals surface area (Å²) in [4.78, 5) is 27.7. The molecule has 0 saturated heterocycles. The second-order valence-corrected chi connectivity index (χ2v) is 7.98. The number of carbonyl (C=O) groups is 2. The Labute approximate surface area is 197 Å². The van der Waals surface area contributed by atoms with Gasteiger partial charge in [0.1, 0.15) is 0 Å². The Morgan fingerprint density at radius 2 is 1.91 bits per heavy atom. The number of benzene rings is 2. The van der Waals surface area contributed by atoms with E-state index < -0.39 is 6.09 Å². The number of carbonyl (C=O) groups excluding carboxylic acids is 1. The molecule has 7 heteroatoms. The van der Waals surface area contributed by atoms with Crippen molar-refractivity contribution >= 4 is 45.3 Å². The third kappa shape index (κ3) is 4.97. The highest BCUT2D eigenvalue weighted by molar-refractivity contribution is 6.06. The van der Waals surface area contributed by atoms with E-state index in [1.165, 1.54) is 0 Å². The lowest BCUT2D eigenvalue weighted by Gasteiger charge is -2.04. The van der Waals surface area contributed by atoms with Crippen LogP contribution in [0.3, 0.4) is 0 Å². The van der Waals surface area contributed by atoms with Crippen LogP contribution in [0, 0.1) is 11.3 Å². The van der Waals surface area contributed by atoms with Crippen LogP contribution in [0.25, 0.3) is 33.3 Å². The molecule has 4 aromatic rings. The molecule has 0 fully saturated rings. The van der Waals surface area contributed by atoms with Crippen molar-refractivity contribution in [3.8, 4) is 6.07 Å². The third-order valence-electron chi connectivity index (χ3n) is 5.75. The monoisotopic (exact) mass is 452 g/mol. The number of para-hydroxylation sites is 1. The summed E-state index contributed by atoms with van der Waals surface area (Å²) in [6, 6.07) is 17.7. The summed E-state index contributed by atoms with van der Waals surface area (Å²) < 4.78 is 1.62. The van der Waals surface area contributed by atoms with Crippen molar-refractivity contribution in [3.63, 3.8) is 0 Å². The molecule has 0 radical (unpaired) electrons. The van der Waals surface area contributed by atoms with E-state index in [1.807, 2.05) is 54.6 Å². The van der Waals surface area contributed by atoms with Gasteiger partial charge in [-0.1, -0.05) is 42.8 Å². The molecule has 7 nitrogen and oxygen atoms in total. The van der Waals surface area contributed by atoms with E-state index in [0.29, 0.717) is 36.9 Å². The predicted octanol–water partition coefficient (Wildman–Crippen LogP) is 5.72. The number of hydrogen-bond donors (Lipinski definition) is 2. The van der Waals surface area contributed by atoms with Crippen LogP contribution >= 0.6 is 0 Å². The van der Waals surface area contributed by atoms with E-state index in [1.54, 1.807) is 23.2 Å². The number of fused-ring (bicyclic) bond motifs is 2. The predicted molar refractivity (Wildman–Crippen MR) is 132 cm³/mol. The molecule has 2 heterocycles. The summed E-state index contributed by atoms with van der Waals surface area (Å²) in [6.45, 7) is 0.376. The number of carboxylic acid groups (broad SMARTS) is 1. The first-order chi connectivity index (χ1) is 16.6. The number of unbranched alkanes of at least 4 members (excludes halogenated alkanes) is 2. The fraction of sp³-hybridized carbons (Fsp3) is 0.185. The number of aromatic nitrogens is 2. The van der Waals surface area contributed by atoms with E-state index >= 15 is 0 Å². The number of allylic oxidation sites excluding steroid dienone is 1. The van der Waals surface area contributed by atoms with Crippen LogP contribution in [0.15, 0.2) is 67.1 Å². The number of hydrogen-bond acceptors (Lipinski definition) is 4. The average molecular weight is 453 g/mol. The van der Waals surface area contributed by atoms with Gasteiger partial charge in [-0.3, -0.25) is 14.3 Å². The first-order valence-corrected chi connectivity index (χ1v) is 11.1. The zero-order chi connectivity index (χ0) is 23.9. The first kappa shape index (κ1) is 22.7. The number of rotatable bonds is 8. The van der Waals surface area contributed by atoms with Gasteiger partial charge < -0.3 is 10.4 Å². The number of pyridine rings is 1. The molecule has 34 heavy (non-hydrogen) atoms. The summed E-state index contributed by atoms with van der Waals surface area (Å²) in [7, 11) is 0. The highest BCUT2D eigenvalue weighted by Gasteiger charge is 2.16. The Kier molecular flexibility index (Phi) is 6.99. The number of amides is 1. The lowest BCUT2D eigenvalue weighted by Crippen LogP contribution is -2.21. The van der Waals surface area contributed by atoms with Crippen LogP contribution in [-0.2, 0) is 0 Å². The molecule has 0 spiro atoms. The summed E-state index contributed by atoms with van der Waals surface area (Å²) >= 11 is 0. The normalized spacial score (nSPS) is 11.4. The van der Waals surface area contributed by atoms with E-state index in [2.05, 4.69) is 16.4 Å². The lowest BCUT2D eigenvalue weighted by molar-refractivity contribution is 0.0904. The van der Waals surface area contributed by atoms with Gasteiger partial charge in [0.05, 0.1) is 17.2 Å². The molecule has 0 atom stereocenters. The van der Waals surface area contributed by atoms with Crippen molar-refractivity contribution in [3.05, 3.63) is 78.2 Å². The van der Waals surface area contributed by atoms with Crippen molar-refractivity contribution in [1.82, 2.24) is 14.9 Å². The first-order valence-electron chi connectivity index (χ1n) is 11.1. The van der Waals surface area contributed by atoms with Gasteiger partial charge in [-0.15, -0.1) is 0 Å². The minimum Gasteiger partial charge on any atom is -0.465 e. The van der Waals surface area contributed by atoms with E-state index in [0.717, 1.165) is 33.7 Å². The molecule has 0 bridgehead atoms. The molecule has 0 saturated carbocycles. The van der Waals surface area contributed by atoms with Crippen LogP contribution in [0.2, 0.25) is 0 Å². The Morgan fingerprint density at radius 1 is 1.06 bits per heavy atom. The topological polar surface area (TPSA) is 108 Å². The van der Waals surface area contributed by atoms with Gasteiger partial charge >= 0.3 is 6.09 Å². The Balaban J connectivity index is 1.62. The molecule has 0 aliphatic heterocycles. The van der Waals surface area contributed by atoms with Crippen LogP contribution in [0.5, 0.6) is 0 Å². The SMILES string of the molecule is N#CC(=Cc1cccc2cnccc12)c1cn(C(=O)CCCCCNC(=O)O)c2ccccc12. The fourth-order valence-electron chi connectivity index (χ4n) is 4.09. The van der Waals surface area contributed by atoms with Crippen molar-refractivity contribution < 1.29 is 14.7 Å². The van der Waals surface area contributed by atoms with Crippen molar-refractivity contribution in [2.24, 2.45) is 0 Å². The fourth-order valence-corrected chi connectivity index (χ4v) is 4.09. The molecular formula is C27H24N4O3. The van der Waals surface area contributed by atoms with Crippen molar-refractivity contribution in [2.45, 2.75) is 25.7 Å². The molecular weight excluding hydrogens is 428 g/mol. The maximum Gasteiger partial charge on any atom is 0.404 e. The number of nitrogens with one attached hydrogen (secondary N) is 1. The zero-order valence-electron chi connectivity index (χ0n) is 18.6. The zero-order valence-corrected chi connectivity index (χ0v) is 18.6. The Bertz CT molecular complexity index is 1420. The summed E-state index contributed by atoms with van der Waals surface area (Å²) in [6.07, 6.45) is 8.52. The molecule has 1 amide bonds. The molecule has 0 aliphatic carbocycles. The molecule has 2 aromatic carbocycles. The summed E-state index contributed by atoms with van der Waals surface area (Å²) in [5.74, 6) is -0.0535. The van der Waals surface area contributed by atoms with Crippen LogP contribution in [0.4, 0.5) is 4.79 Å². The number of nitrogens with zero attached hydrogens (tertiary/aromatic N) is 3. The van der Waals surface area contributed by atoms with Gasteiger partial charge in [0.25, 0.3) is 0 Å². The van der Waals surface area contributed by atoms with Gasteiger partial charge in [0.2, 0.25) is 5.91 Å². The van der Waals surface area contributed by atoms with Crippen molar-refractivity contribution in [2.75, 3.05) is 6.54 Å². The van der Waals surface area contributed by atoms with Gasteiger partial charge in [0.15, 0.2) is 0 Å². The lowest BCUT2D eigenvalue weighted by atomic mass is 10.00.